The van der Waals surface area contributed by atoms with E-state index in [0.29, 0.717) is 24.0 Å². The fourth-order valence-electron chi connectivity index (χ4n) is 2.86. The van der Waals surface area contributed by atoms with Crippen molar-refractivity contribution in [2.75, 3.05) is 20.8 Å². The third kappa shape index (κ3) is 2.13. The minimum absolute atomic E-state index is 0.602. The molecule has 0 atom stereocenters. The van der Waals surface area contributed by atoms with Gasteiger partial charge in [-0.25, -0.2) is 4.98 Å². The van der Waals surface area contributed by atoms with Gasteiger partial charge < -0.3 is 19.2 Å². The molecule has 1 aromatic carbocycles. The lowest BCUT2D eigenvalue weighted by atomic mass is 10.1. The Morgan fingerprint density at radius 2 is 1.77 bits per heavy atom. The number of ether oxygens (including phenoxy) is 3. The normalized spacial score (nSPS) is 11.1. The third-order valence-electron chi connectivity index (χ3n) is 3.84. The van der Waals surface area contributed by atoms with Crippen molar-refractivity contribution >= 4 is 21.8 Å². The summed E-state index contributed by atoms with van der Waals surface area (Å²) in [6, 6.07) is 3.95. The predicted molar refractivity (Wildman–Crippen MR) is 87.3 cm³/mol. The molecule has 0 aliphatic carbocycles. The van der Waals surface area contributed by atoms with Crippen LogP contribution < -0.4 is 14.2 Å². The monoisotopic (exact) mass is 300 g/mol. The van der Waals surface area contributed by atoms with E-state index in [2.05, 4.69) is 16.9 Å². The van der Waals surface area contributed by atoms with Crippen molar-refractivity contribution < 1.29 is 14.2 Å². The summed E-state index contributed by atoms with van der Waals surface area (Å²) in [6.45, 7) is 4.68. The molecular weight excluding hydrogens is 280 g/mol. The Morgan fingerprint density at radius 1 is 1.05 bits per heavy atom. The van der Waals surface area contributed by atoms with E-state index in [-0.39, 0.29) is 0 Å². The number of pyridine rings is 1. The van der Waals surface area contributed by atoms with Crippen molar-refractivity contribution in [1.29, 1.82) is 0 Å². The van der Waals surface area contributed by atoms with Crippen LogP contribution in [0.3, 0.4) is 0 Å². The Bertz CT molecular complexity index is 824. The van der Waals surface area contributed by atoms with E-state index in [4.69, 9.17) is 14.2 Å². The van der Waals surface area contributed by atoms with Gasteiger partial charge in [0.25, 0.3) is 0 Å². The fraction of sp³-hybridized carbons (Fsp3) is 0.353. The molecule has 1 N–H and O–H groups in total. The zero-order chi connectivity index (χ0) is 15.7. The highest BCUT2D eigenvalue weighted by atomic mass is 16.5. The van der Waals surface area contributed by atoms with Gasteiger partial charge in [-0.2, -0.15) is 0 Å². The van der Waals surface area contributed by atoms with Gasteiger partial charge in [-0.15, -0.1) is 0 Å². The zero-order valence-electron chi connectivity index (χ0n) is 13.3. The smallest absolute Gasteiger partial charge is 0.217 e. The summed E-state index contributed by atoms with van der Waals surface area (Å²) in [7, 11) is 3.28. The van der Waals surface area contributed by atoms with Gasteiger partial charge in [-0.05, 0) is 19.4 Å². The molecule has 3 rings (SSSR count). The maximum absolute atomic E-state index is 5.67. The van der Waals surface area contributed by atoms with E-state index in [1.165, 1.54) is 0 Å². The lowest BCUT2D eigenvalue weighted by Gasteiger charge is -2.10. The maximum Gasteiger partial charge on any atom is 0.217 e. The summed E-state index contributed by atoms with van der Waals surface area (Å²) < 4.78 is 16.5. The van der Waals surface area contributed by atoms with Crippen LogP contribution in [-0.2, 0) is 6.42 Å². The van der Waals surface area contributed by atoms with Gasteiger partial charge in [0.1, 0.15) is 0 Å². The quantitative estimate of drug-likeness (QED) is 0.780. The molecule has 0 fully saturated rings. The molecule has 0 spiro atoms. The van der Waals surface area contributed by atoms with Gasteiger partial charge in [0.15, 0.2) is 11.5 Å². The summed E-state index contributed by atoms with van der Waals surface area (Å²) in [5.41, 5.74) is 3.10. The standard InChI is InChI=1S/C17H20N2O3/c1-5-10-16-11-7-14(20-3)15(21-4)8-12(11)19-13(16)9-18-17(10)22-6-2/h7-9,19H,5-6H2,1-4H3. The number of H-pyrrole nitrogens is 1. The van der Waals surface area contributed by atoms with E-state index in [1.807, 2.05) is 25.3 Å². The van der Waals surface area contributed by atoms with Crippen LogP contribution in [0.5, 0.6) is 17.4 Å². The molecule has 2 aromatic heterocycles. The van der Waals surface area contributed by atoms with E-state index >= 15 is 0 Å². The molecule has 0 radical (unpaired) electrons. The molecule has 0 unspecified atom stereocenters. The maximum atomic E-state index is 5.67. The highest BCUT2D eigenvalue weighted by Gasteiger charge is 2.16. The number of aromatic amines is 1. The molecular formula is C17H20N2O3. The van der Waals surface area contributed by atoms with Crippen molar-refractivity contribution in [3.63, 3.8) is 0 Å². The topological polar surface area (TPSA) is 56.4 Å². The zero-order valence-corrected chi connectivity index (χ0v) is 13.3. The number of rotatable bonds is 5. The van der Waals surface area contributed by atoms with E-state index in [9.17, 15) is 0 Å². The van der Waals surface area contributed by atoms with Gasteiger partial charge in [-0.3, -0.25) is 0 Å². The molecule has 0 aliphatic heterocycles. The van der Waals surface area contributed by atoms with Crippen molar-refractivity contribution in [3.8, 4) is 17.4 Å². The number of nitrogens with zero attached hydrogens (tertiary/aromatic N) is 1. The first-order chi connectivity index (χ1) is 10.7. The summed E-state index contributed by atoms with van der Waals surface area (Å²) in [6.07, 6.45) is 2.67. The number of benzene rings is 1. The lowest BCUT2D eigenvalue weighted by molar-refractivity contribution is 0.324. The Kier molecular flexibility index (Phi) is 3.79. The molecule has 22 heavy (non-hydrogen) atoms. The molecule has 0 amide bonds. The lowest BCUT2D eigenvalue weighted by Crippen LogP contribution is -1.99. The second-order valence-electron chi connectivity index (χ2n) is 4.99. The van der Waals surface area contributed by atoms with Gasteiger partial charge in [-0.1, -0.05) is 6.92 Å². The third-order valence-corrected chi connectivity index (χ3v) is 3.84. The summed E-state index contributed by atoms with van der Waals surface area (Å²) in [5.74, 6) is 2.12. The van der Waals surface area contributed by atoms with Crippen LogP contribution in [0.2, 0.25) is 0 Å². The fourth-order valence-corrected chi connectivity index (χ4v) is 2.86. The molecule has 0 bridgehead atoms. The number of nitrogens with one attached hydrogen (secondary N) is 1. The minimum atomic E-state index is 0.602. The van der Waals surface area contributed by atoms with Crippen LogP contribution in [0.4, 0.5) is 0 Å². The molecule has 116 valence electrons. The molecule has 5 nitrogen and oxygen atoms in total. The number of hydrogen-bond acceptors (Lipinski definition) is 4. The number of hydrogen-bond donors (Lipinski definition) is 1. The largest absolute Gasteiger partial charge is 0.493 e. The first-order valence-electron chi connectivity index (χ1n) is 7.41. The minimum Gasteiger partial charge on any atom is -0.493 e. The van der Waals surface area contributed by atoms with Crippen LogP contribution in [0.25, 0.3) is 21.8 Å². The van der Waals surface area contributed by atoms with Crippen molar-refractivity contribution in [3.05, 3.63) is 23.9 Å². The average molecular weight is 300 g/mol. The van der Waals surface area contributed by atoms with Crippen molar-refractivity contribution in [2.24, 2.45) is 0 Å². The van der Waals surface area contributed by atoms with Crippen LogP contribution in [0.15, 0.2) is 18.3 Å². The van der Waals surface area contributed by atoms with E-state index < -0.39 is 0 Å². The molecule has 0 aliphatic rings. The number of fused-ring (bicyclic) bond motifs is 3. The van der Waals surface area contributed by atoms with Gasteiger partial charge in [0, 0.05) is 22.4 Å². The van der Waals surface area contributed by atoms with Crippen molar-refractivity contribution in [1.82, 2.24) is 9.97 Å². The van der Waals surface area contributed by atoms with Crippen LogP contribution in [0.1, 0.15) is 19.4 Å². The van der Waals surface area contributed by atoms with Crippen LogP contribution in [0, 0.1) is 0 Å². The molecule has 0 saturated carbocycles. The van der Waals surface area contributed by atoms with Gasteiger partial charge in [0.2, 0.25) is 5.88 Å². The second-order valence-corrected chi connectivity index (χ2v) is 4.99. The van der Waals surface area contributed by atoms with Crippen LogP contribution >= 0.6 is 0 Å². The van der Waals surface area contributed by atoms with Crippen molar-refractivity contribution in [2.45, 2.75) is 20.3 Å². The second kappa shape index (κ2) is 5.75. The number of aromatic nitrogens is 2. The number of methoxy groups -OCH3 is 2. The van der Waals surface area contributed by atoms with Gasteiger partial charge >= 0.3 is 0 Å². The predicted octanol–water partition coefficient (Wildman–Crippen LogP) is 3.69. The Hall–Kier alpha value is -2.43. The van der Waals surface area contributed by atoms with E-state index in [1.54, 1.807) is 14.2 Å². The Balaban J connectivity index is 2.37. The summed E-state index contributed by atoms with van der Waals surface area (Å²) in [5, 5.41) is 2.23. The van der Waals surface area contributed by atoms with E-state index in [0.717, 1.165) is 33.8 Å². The van der Waals surface area contributed by atoms with Gasteiger partial charge in [0.05, 0.1) is 38.1 Å². The molecule has 2 heterocycles. The average Bonchev–Trinajstić information content (AvgIpc) is 2.91. The Labute approximate surface area is 129 Å². The molecule has 3 aromatic rings. The highest BCUT2D eigenvalue weighted by Crippen LogP contribution is 2.38. The summed E-state index contributed by atoms with van der Waals surface area (Å²) >= 11 is 0. The first kappa shape index (κ1) is 14.5. The molecule has 0 saturated heterocycles. The first-order valence-corrected chi connectivity index (χ1v) is 7.41. The number of aryl methyl sites for hydroxylation is 1. The van der Waals surface area contributed by atoms with Crippen LogP contribution in [-0.4, -0.2) is 30.8 Å². The Morgan fingerprint density at radius 3 is 2.41 bits per heavy atom. The summed E-state index contributed by atoms with van der Waals surface area (Å²) in [4.78, 5) is 7.83. The molecule has 5 heteroatoms. The highest BCUT2D eigenvalue weighted by molar-refractivity contribution is 6.10. The SMILES string of the molecule is CCOc1ncc2[nH]c3cc(OC)c(OC)cc3c2c1CC.